The molecule has 1 aromatic heterocycles. The highest BCUT2D eigenvalue weighted by atomic mass is 16.5. The van der Waals surface area contributed by atoms with E-state index in [-0.39, 0.29) is 0 Å². The normalized spacial score (nSPS) is 10.5. The Labute approximate surface area is 160 Å². The Kier molecular flexibility index (Phi) is 5.80. The summed E-state index contributed by atoms with van der Waals surface area (Å²) in [5, 5.41) is 10.7. The first-order chi connectivity index (χ1) is 13.1. The molecular formula is C20H26N6O. The third kappa shape index (κ3) is 4.49. The molecule has 0 aliphatic rings. The zero-order valence-electron chi connectivity index (χ0n) is 16.2. The molecule has 0 bridgehead atoms. The molecule has 2 aromatic carbocycles. The van der Waals surface area contributed by atoms with Crippen LogP contribution in [0.15, 0.2) is 48.5 Å². The largest absolute Gasteiger partial charge is 0.497 e. The van der Waals surface area contributed by atoms with Crippen molar-refractivity contribution in [2.75, 3.05) is 43.8 Å². The van der Waals surface area contributed by atoms with Crippen molar-refractivity contribution in [3.63, 3.8) is 0 Å². The van der Waals surface area contributed by atoms with Crippen molar-refractivity contribution in [1.29, 1.82) is 0 Å². The Morgan fingerprint density at radius 3 is 2.22 bits per heavy atom. The summed E-state index contributed by atoms with van der Waals surface area (Å²) in [5.41, 5.74) is 3.43. The number of ether oxygens (including phenoxy) is 1. The van der Waals surface area contributed by atoms with E-state index < -0.39 is 0 Å². The molecule has 1 heterocycles. The van der Waals surface area contributed by atoms with Crippen LogP contribution in [0.2, 0.25) is 0 Å². The summed E-state index contributed by atoms with van der Waals surface area (Å²) in [4.78, 5) is 6.71. The Balaban J connectivity index is 1.79. The first-order valence-electron chi connectivity index (χ1n) is 8.86. The summed E-state index contributed by atoms with van der Waals surface area (Å²) in [6.07, 6.45) is 0. The summed E-state index contributed by atoms with van der Waals surface area (Å²) in [7, 11) is 7.44. The fourth-order valence-electron chi connectivity index (χ4n) is 2.85. The monoisotopic (exact) mass is 366 g/mol. The molecule has 3 aromatic rings. The number of hydrogen-bond donors (Lipinski definition) is 2. The van der Waals surface area contributed by atoms with Gasteiger partial charge in [-0.25, -0.2) is 4.68 Å². The Hall–Kier alpha value is -3.22. The van der Waals surface area contributed by atoms with Crippen molar-refractivity contribution in [2.45, 2.75) is 13.1 Å². The number of methoxy groups -OCH3 is 1. The molecule has 0 atom stereocenters. The van der Waals surface area contributed by atoms with Gasteiger partial charge in [0.1, 0.15) is 5.75 Å². The quantitative estimate of drug-likeness (QED) is 0.639. The highest BCUT2D eigenvalue weighted by molar-refractivity contribution is 5.44. The van der Waals surface area contributed by atoms with Crippen LogP contribution >= 0.6 is 0 Å². The van der Waals surface area contributed by atoms with Crippen molar-refractivity contribution in [2.24, 2.45) is 0 Å². The minimum Gasteiger partial charge on any atom is -0.497 e. The van der Waals surface area contributed by atoms with E-state index in [1.54, 1.807) is 7.11 Å². The molecule has 3 rings (SSSR count). The summed E-state index contributed by atoms with van der Waals surface area (Å²) in [5.74, 6) is 2.28. The zero-order valence-corrected chi connectivity index (χ0v) is 16.2. The number of nitrogens with one attached hydrogen (secondary N) is 2. The molecule has 2 N–H and O–H groups in total. The topological polar surface area (TPSA) is 67.2 Å². The standard InChI is InChI=1S/C20H26N6O/c1-21-17-9-5-16(6-10-17)14-26-20(23-19(22-2)24-26)25(3)13-15-7-11-18(27-4)12-8-15/h5-12,21H,13-14H2,1-4H3,(H,22,24). The van der Waals surface area contributed by atoms with Gasteiger partial charge in [0.25, 0.3) is 0 Å². The second kappa shape index (κ2) is 8.44. The molecule has 7 nitrogen and oxygen atoms in total. The van der Waals surface area contributed by atoms with E-state index in [1.165, 1.54) is 11.1 Å². The molecule has 0 aliphatic carbocycles. The van der Waals surface area contributed by atoms with Gasteiger partial charge in [-0.1, -0.05) is 24.3 Å². The van der Waals surface area contributed by atoms with Crippen molar-refractivity contribution in [1.82, 2.24) is 14.8 Å². The van der Waals surface area contributed by atoms with E-state index in [4.69, 9.17) is 4.74 Å². The number of nitrogens with zero attached hydrogens (tertiary/aromatic N) is 4. The van der Waals surface area contributed by atoms with Crippen molar-refractivity contribution in [3.05, 3.63) is 59.7 Å². The maximum atomic E-state index is 5.23. The number of aromatic nitrogens is 3. The molecule has 0 spiro atoms. The minimum atomic E-state index is 0.610. The van der Waals surface area contributed by atoms with Crippen LogP contribution in [0, 0.1) is 0 Å². The maximum absolute atomic E-state index is 5.23. The lowest BCUT2D eigenvalue weighted by molar-refractivity contribution is 0.414. The van der Waals surface area contributed by atoms with E-state index in [0.29, 0.717) is 12.5 Å². The first-order valence-corrected chi connectivity index (χ1v) is 8.86. The van der Waals surface area contributed by atoms with Gasteiger partial charge in [-0.3, -0.25) is 0 Å². The van der Waals surface area contributed by atoms with Crippen molar-refractivity contribution in [3.8, 4) is 5.75 Å². The van der Waals surface area contributed by atoms with Crippen LogP contribution in [0.25, 0.3) is 0 Å². The first kappa shape index (κ1) is 18.6. The molecule has 0 radical (unpaired) electrons. The number of hydrogen-bond acceptors (Lipinski definition) is 6. The lowest BCUT2D eigenvalue weighted by Crippen LogP contribution is -2.21. The van der Waals surface area contributed by atoms with Gasteiger partial charge in [-0.2, -0.15) is 4.98 Å². The van der Waals surface area contributed by atoms with Gasteiger partial charge >= 0.3 is 0 Å². The van der Waals surface area contributed by atoms with Crippen LogP contribution in [-0.2, 0) is 13.1 Å². The summed E-state index contributed by atoms with van der Waals surface area (Å²) in [6.45, 7) is 1.38. The second-order valence-electron chi connectivity index (χ2n) is 6.29. The maximum Gasteiger partial charge on any atom is 0.243 e. The molecule has 142 valence electrons. The lowest BCUT2D eigenvalue weighted by Gasteiger charge is -2.19. The third-order valence-corrected chi connectivity index (χ3v) is 4.37. The molecule has 0 amide bonds. The van der Waals surface area contributed by atoms with Crippen LogP contribution in [0.3, 0.4) is 0 Å². The van der Waals surface area contributed by atoms with Gasteiger partial charge in [0, 0.05) is 33.4 Å². The number of rotatable bonds is 8. The second-order valence-corrected chi connectivity index (χ2v) is 6.29. The minimum absolute atomic E-state index is 0.610. The van der Waals surface area contributed by atoms with E-state index in [0.717, 1.165) is 23.9 Å². The van der Waals surface area contributed by atoms with Crippen LogP contribution in [0.1, 0.15) is 11.1 Å². The van der Waals surface area contributed by atoms with Crippen molar-refractivity contribution < 1.29 is 4.74 Å². The molecule has 27 heavy (non-hydrogen) atoms. The van der Waals surface area contributed by atoms with E-state index in [1.807, 2.05) is 38.0 Å². The predicted octanol–water partition coefficient (Wildman–Crippen LogP) is 3.05. The molecule has 0 unspecified atom stereocenters. The average molecular weight is 366 g/mol. The molecule has 0 aliphatic heterocycles. The van der Waals surface area contributed by atoms with E-state index in [2.05, 4.69) is 62.0 Å². The summed E-state index contributed by atoms with van der Waals surface area (Å²) < 4.78 is 7.15. The Morgan fingerprint density at radius 2 is 1.63 bits per heavy atom. The highest BCUT2D eigenvalue weighted by Crippen LogP contribution is 2.19. The van der Waals surface area contributed by atoms with Gasteiger partial charge in [0.15, 0.2) is 0 Å². The third-order valence-electron chi connectivity index (χ3n) is 4.37. The average Bonchev–Trinajstić information content (AvgIpc) is 3.12. The van der Waals surface area contributed by atoms with Crippen LogP contribution in [0.5, 0.6) is 5.75 Å². The highest BCUT2D eigenvalue weighted by Gasteiger charge is 2.14. The van der Waals surface area contributed by atoms with Gasteiger partial charge in [0.2, 0.25) is 11.9 Å². The Morgan fingerprint density at radius 1 is 0.963 bits per heavy atom. The van der Waals surface area contributed by atoms with Gasteiger partial charge in [-0.05, 0) is 35.4 Å². The zero-order chi connectivity index (χ0) is 19.2. The molecule has 0 fully saturated rings. The summed E-state index contributed by atoms with van der Waals surface area (Å²) in [6, 6.07) is 16.4. The van der Waals surface area contributed by atoms with Crippen LogP contribution in [0.4, 0.5) is 17.6 Å². The smallest absolute Gasteiger partial charge is 0.243 e. The SMILES string of the molecule is CNc1ccc(Cn2nc(NC)nc2N(C)Cc2ccc(OC)cc2)cc1. The molecule has 7 heteroatoms. The fourth-order valence-corrected chi connectivity index (χ4v) is 2.85. The van der Waals surface area contributed by atoms with Crippen LogP contribution < -0.4 is 20.3 Å². The fraction of sp³-hybridized carbons (Fsp3) is 0.300. The van der Waals surface area contributed by atoms with E-state index >= 15 is 0 Å². The summed E-state index contributed by atoms with van der Waals surface area (Å²) >= 11 is 0. The molecule has 0 saturated heterocycles. The predicted molar refractivity (Wildman–Crippen MR) is 110 cm³/mol. The van der Waals surface area contributed by atoms with E-state index in [9.17, 15) is 0 Å². The molecule has 0 saturated carbocycles. The molecular weight excluding hydrogens is 340 g/mol. The number of anilines is 3. The lowest BCUT2D eigenvalue weighted by atomic mass is 10.2. The Bertz CT molecular complexity index is 857. The van der Waals surface area contributed by atoms with Gasteiger partial charge in [-0.15, -0.1) is 5.10 Å². The van der Waals surface area contributed by atoms with Crippen molar-refractivity contribution >= 4 is 17.6 Å². The van der Waals surface area contributed by atoms with Gasteiger partial charge in [0.05, 0.1) is 13.7 Å². The van der Waals surface area contributed by atoms with Crippen LogP contribution in [-0.4, -0.2) is 43.0 Å². The van der Waals surface area contributed by atoms with Gasteiger partial charge < -0.3 is 20.3 Å². The number of benzene rings is 2.